The molecule has 0 aliphatic rings. The van der Waals surface area contributed by atoms with Crippen molar-refractivity contribution in [2.45, 2.75) is 13.3 Å². The van der Waals surface area contributed by atoms with Crippen LogP contribution < -0.4 is 0 Å². The number of nitrogens with zero attached hydrogens (tertiary/aromatic N) is 1. The minimum absolute atomic E-state index is 0.250. The van der Waals surface area contributed by atoms with E-state index in [0.717, 1.165) is 22.3 Å². The number of carbonyl (C=O) groups excluding carboxylic acids is 1. The standard InChI is InChI=1S/C14H15NOS/c1-2-17-10-13(16)9-12-8-7-11-5-3-4-6-14(11)15-12/h3-8H,2,9-10H2,1H3. The largest absolute Gasteiger partial charge is 0.298 e. The zero-order chi connectivity index (χ0) is 12.1. The molecule has 0 atom stereocenters. The molecule has 3 heteroatoms. The molecule has 0 bridgehead atoms. The van der Waals surface area contributed by atoms with Crippen molar-refractivity contribution in [1.29, 1.82) is 0 Å². The summed E-state index contributed by atoms with van der Waals surface area (Å²) < 4.78 is 0. The van der Waals surface area contributed by atoms with Gasteiger partial charge in [-0.05, 0) is 17.9 Å². The van der Waals surface area contributed by atoms with Gasteiger partial charge in [-0.25, -0.2) is 0 Å². The van der Waals surface area contributed by atoms with Gasteiger partial charge in [-0.2, -0.15) is 11.8 Å². The molecule has 0 unspecified atom stereocenters. The smallest absolute Gasteiger partial charge is 0.148 e. The molecule has 0 spiro atoms. The molecule has 0 amide bonds. The Labute approximate surface area is 105 Å². The lowest BCUT2D eigenvalue weighted by Gasteiger charge is -2.02. The van der Waals surface area contributed by atoms with Crippen molar-refractivity contribution in [1.82, 2.24) is 4.98 Å². The highest BCUT2D eigenvalue weighted by Crippen LogP contribution is 2.12. The summed E-state index contributed by atoms with van der Waals surface area (Å²) in [4.78, 5) is 16.1. The van der Waals surface area contributed by atoms with Crippen LogP contribution in [0.25, 0.3) is 10.9 Å². The zero-order valence-corrected chi connectivity index (χ0v) is 10.7. The number of aromatic nitrogens is 1. The normalized spacial score (nSPS) is 10.6. The highest BCUT2D eigenvalue weighted by Gasteiger charge is 2.05. The van der Waals surface area contributed by atoms with Crippen molar-refractivity contribution in [3.8, 4) is 0 Å². The minimum atomic E-state index is 0.250. The Balaban J connectivity index is 2.11. The summed E-state index contributed by atoms with van der Waals surface area (Å²) >= 11 is 1.66. The lowest BCUT2D eigenvalue weighted by Crippen LogP contribution is -2.07. The van der Waals surface area contributed by atoms with Gasteiger partial charge >= 0.3 is 0 Å². The van der Waals surface area contributed by atoms with Crippen LogP contribution in [-0.4, -0.2) is 22.3 Å². The summed E-state index contributed by atoms with van der Waals surface area (Å²) in [5, 5.41) is 1.12. The number of para-hydroxylation sites is 1. The number of ketones is 1. The first-order valence-corrected chi connectivity index (χ1v) is 6.89. The summed E-state index contributed by atoms with van der Waals surface area (Å²) in [6.07, 6.45) is 0.442. The lowest BCUT2D eigenvalue weighted by atomic mass is 10.1. The molecule has 0 aliphatic heterocycles. The third kappa shape index (κ3) is 3.30. The van der Waals surface area contributed by atoms with Gasteiger partial charge < -0.3 is 0 Å². The number of hydrogen-bond acceptors (Lipinski definition) is 3. The van der Waals surface area contributed by atoms with Crippen LogP contribution in [0.4, 0.5) is 0 Å². The second kappa shape index (κ2) is 5.82. The Morgan fingerprint density at radius 1 is 1.24 bits per heavy atom. The molecule has 0 fully saturated rings. The quantitative estimate of drug-likeness (QED) is 0.810. The topological polar surface area (TPSA) is 30.0 Å². The maximum Gasteiger partial charge on any atom is 0.148 e. The number of thioether (sulfide) groups is 1. The summed E-state index contributed by atoms with van der Waals surface area (Å²) in [6, 6.07) is 11.9. The van der Waals surface area contributed by atoms with Crippen LogP contribution in [-0.2, 0) is 11.2 Å². The van der Waals surface area contributed by atoms with Gasteiger partial charge in [0.05, 0.1) is 11.3 Å². The molecule has 1 aromatic heterocycles. The second-order valence-corrected chi connectivity index (χ2v) is 5.12. The summed E-state index contributed by atoms with van der Waals surface area (Å²) in [5.41, 5.74) is 1.83. The monoisotopic (exact) mass is 245 g/mol. The van der Waals surface area contributed by atoms with Gasteiger partial charge in [0.25, 0.3) is 0 Å². The third-order valence-electron chi connectivity index (χ3n) is 2.50. The molecule has 2 nitrogen and oxygen atoms in total. The predicted octanol–water partition coefficient (Wildman–Crippen LogP) is 3.10. The van der Waals surface area contributed by atoms with Gasteiger partial charge in [0.1, 0.15) is 5.78 Å². The molecule has 0 saturated heterocycles. The van der Waals surface area contributed by atoms with Crippen molar-refractivity contribution in [3.63, 3.8) is 0 Å². The fourth-order valence-corrected chi connectivity index (χ4v) is 2.21. The number of fused-ring (bicyclic) bond motifs is 1. The van der Waals surface area contributed by atoms with Crippen molar-refractivity contribution in [3.05, 3.63) is 42.1 Å². The van der Waals surface area contributed by atoms with E-state index >= 15 is 0 Å². The van der Waals surface area contributed by atoms with E-state index in [4.69, 9.17) is 0 Å². The van der Waals surface area contributed by atoms with Gasteiger partial charge in [0.2, 0.25) is 0 Å². The van der Waals surface area contributed by atoms with Crippen LogP contribution in [0, 0.1) is 0 Å². The van der Waals surface area contributed by atoms with E-state index in [1.54, 1.807) is 11.8 Å². The molecular weight excluding hydrogens is 230 g/mol. The number of benzene rings is 1. The average molecular weight is 245 g/mol. The number of pyridine rings is 1. The van der Waals surface area contributed by atoms with Crippen LogP contribution in [0.2, 0.25) is 0 Å². The molecule has 1 heterocycles. The average Bonchev–Trinajstić information content (AvgIpc) is 2.36. The zero-order valence-electron chi connectivity index (χ0n) is 9.85. The van der Waals surface area contributed by atoms with E-state index in [0.29, 0.717) is 12.2 Å². The Kier molecular flexibility index (Phi) is 4.15. The minimum Gasteiger partial charge on any atom is -0.298 e. The van der Waals surface area contributed by atoms with E-state index in [1.165, 1.54) is 0 Å². The highest BCUT2D eigenvalue weighted by atomic mass is 32.2. The van der Waals surface area contributed by atoms with Crippen LogP contribution in [0.1, 0.15) is 12.6 Å². The first kappa shape index (κ1) is 12.1. The van der Waals surface area contributed by atoms with E-state index in [9.17, 15) is 4.79 Å². The molecule has 88 valence electrons. The first-order chi connectivity index (χ1) is 8.29. The number of rotatable bonds is 5. The van der Waals surface area contributed by atoms with Gasteiger partial charge in [-0.1, -0.05) is 31.2 Å². The van der Waals surface area contributed by atoms with Crippen LogP contribution in [0.5, 0.6) is 0 Å². The van der Waals surface area contributed by atoms with Crippen molar-refractivity contribution in [2.75, 3.05) is 11.5 Å². The SMILES string of the molecule is CCSCC(=O)Cc1ccc2ccccc2n1. The molecule has 1 aromatic carbocycles. The molecule has 17 heavy (non-hydrogen) atoms. The number of carbonyl (C=O) groups is 1. The van der Waals surface area contributed by atoms with E-state index < -0.39 is 0 Å². The van der Waals surface area contributed by atoms with E-state index in [1.807, 2.05) is 36.4 Å². The number of hydrogen-bond donors (Lipinski definition) is 0. The van der Waals surface area contributed by atoms with Crippen molar-refractivity contribution < 1.29 is 4.79 Å². The fraction of sp³-hybridized carbons (Fsp3) is 0.286. The van der Waals surface area contributed by atoms with Gasteiger partial charge in [-0.15, -0.1) is 0 Å². The summed E-state index contributed by atoms with van der Waals surface area (Å²) in [6.45, 7) is 2.06. The fourth-order valence-electron chi connectivity index (χ4n) is 1.68. The summed E-state index contributed by atoms with van der Waals surface area (Å²) in [7, 11) is 0. The van der Waals surface area contributed by atoms with Crippen molar-refractivity contribution in [2.24, 2.45) is 0 Å². The molecule has 2 aromatic rings. The van der Waals surface area contributed by atoms with Crippen LogP contribution in [0.15, 0.2) is 36.4 Å². The molecule has 0 saturated carbocycles. The second-order valence-electron chi connectivity index (χ2n) is 3.85. The van der Waals surface area contributed by atoms with Crippen molar-refractivity contribution >= 4 is 28.4 Å². The Morgan fingerprint density at radius 3 is 2.88 bits per heavy atom. The molecule has 0 aliphatic carbocycles. The maximum atomic E-state index is 11.6. The molecule has 0 radical (unpaired) electrons. The van der Waals surface area contributed by atoms with Gasteiger partial charge in [0.15, 0.2) is 0 Å². The van der Waals surface area contributed by atoms with Gasteiger partial charge in [0, 0.05) is 17.5 Å². The first-order valence-electron chi connectivity index (χ1n) is 5.73. The molecule has 2 rings (SSSR count). The molecular formula is C14H15NOS. The van der Waals surface area contributed by atoms with Gasteiger partial charge in [-0.3, -0.25) is 9.78 Å². The Morgan fingerprint density at radius 2 is 2.06 bits per heavy atom. The van der Waals surface area contributed by atoms with Crippen LogP contribution in [0.3, 0.4) is 0 Å². The lowest BCUT2D eigenvalue weighted by molar-refractivity contribution is -0.116. The molecule has 0 N–H and O–H groups in total. The maximum absolute atomic E-state index is 11.6. The van der Waals surface area contributed by atoms with E-state index in [-0.39, 0.29) is 5.78 Å². The third-order valence-corrected chi connectivity index (χ3v) is 3.44. The van der Waals surface area contributed by atoms with Crippen LogP contribution >= 0.6 is 11.8 Å². The highest BCUT2D eigenvalue weighted by molar-refractivity contribution is 7.99. The predicted molar refractivity (Wildman–Crippen MR) is 73.5 cm³/mol. The summed E-state index contributed by atoms with van der Waals surface area (Å²) in [5.74, 6) is 1.82. The number of Topliss-reactive ketones (excluding diaryl/α,β-unsaturated/α-hetero) is 1. The van der Waals surface area contributed by atoms with E-state index in [2.05, 4.69) is 11.9 Å². The Hall–Kier alpha value is -1.35. The Bertz CT molecular complexity index is 524.